The number of rotatable bonds is 11. The highest BCUT2D eigenvalue weighted by molar-refractivity contribution is 7.90. The van der Waals surface area contributed by atoms with Gasteiger partial charge in [-0.15, -0.1) is 6.42 Å². The average molecular weight is 693 g/mol. The van der Waals surface area contributed by atoms with Crippen LogP contribution < -0.4 is 10.5 Å². The number of fused-ring (bicyclic) bond motifs is 1. The summed E-state index contributed by atoms with van der Waals surface area (Å²) in [5.74, 6) is -0.223. The molecule has 0 amide bonds. The van der Waals surface area contributed by atoms with E-state index in [1.54, 1.807) is 46.8 Å². The van der Waals surface area contributed by atoms with E-state index >= 15 is 8.78 Å². The van der Waals surface area contributed by atoms with Gasteiger partial charge in [0.25, 0.3) is 15.6 Å². The number of nitrogens with zero attached hydrogens (tertiary/aromatic N) is 4. The van der Waals surface area contributed by atoms with E-state index < -0.39 is 60.4 Å². The van der Waals surface area contributed by atoms with E-state index in [1.165, 1.54) is 45.9 Å². The fourth-order valence-corrected chi connectivity index (χ4v) is 6.50. The molecule has 0 aliphatic carbocycles. The number of anilines is 1. The summed E-state index contributed by atoms with van der Waals surface area (Å²) in [5.41, 5.74) is -1.21. The summed E-state index contributed by atoms with van der Waals surface area (Å²) in [6.45, 7) is 7.61. The van der Waals surface area contributed by atoms with Crippen LogP contribution in [0.1, 0.15) is 53.6 Å². The summed E-state index contributed by atoms with van der Waals surface area (Å²) in [7, 11) is -2.78. The second-order valence-corrected chi connectivity index (χ2v) is 15.0. The van der Waals surface area contributed by atoms with Crippen LogP contribution in [0.5, 0.6) is 0 Å². The molecule has 0 saturated carbocycles. The lowest BCUT2D eigenvalue weighted by molar-refractivity contribution is -0.157. The average Bonchev–Trinajstić information content (AvgIpc) is 3.04. The maximum Gasteiger partial charge on any atom is 0.312 e. The van der Waals surface area contributed by atoms with Crippen molar-refractivity contribution in [1.82, 2.24) is 13.9 Å². The number of Topliss-reactive ketones (excluding diaryl/α,β-unsaturated/α-hetero) is 1. The second-order valence-electron chi connectivity index (χ2n) is 12.8. The molecule has 13 heteroatoms. The summed E-state index contributed by atoms with van der Waals surface area (Å²) >= 11 is 0. The number of para-hydroxylation sites is 1. The lowest BCUT2D eigenvalue weighted by Gasteiger charge is -2.31. The van der Waals surface area contributed by atoms with Crippen molar-refractivity contribution in [2.45, 2.75) is 52.9 Å². The summed E-state index contributed by atoms with van der Waals surface area (Å²) in [5, 5.41) is -3.45. The first-order valence-electron chi connectivity index (χ1n) is 15.2. The predicted octanol–water partition coefficient (Wildman–Crippen LogP) is 5.24. The zero-order chi connectivity index (χ0) is 36.5. The molecule has 49 heavy (non-hydrogen) atoms. The highest BCUT2D eigenvalue weighted by Crippen LogP contribution is 2.40. The van der Waals surface area contributed by atoms with Gasteiger partial charge in [-0.1, -0.05) is 42.3 Å². The molecule has 0 saturated heterocycles. The third kappa shape index (κ3) is 6.97. The van der Waals surface area contributed by atoms with Crippen LogP contribution in [0.3, 0.4) is 0 Å². The molecule has 1 unspecified atom stereocenters. The summed E-state index contributed by atoms with van der Waals surface area (Å²) in [4.78, 5) is 46.0. The number of terminal acetylenes is 1. The number of esters is 1. The molecule has 3 aromatic carbocycles. The Labute approximate surface area is 284 Å². The summed E-state index contributed by atoms with van der Waals surface area (Å²) in [6, 6.07) is 13.2. The topological polar surface area (TPSA) is 119 Å². The number of ketones is 1. The van der Waals surface area contributed by atoms with Crippen LogP contribution in [0.25, 0.3) is 10.9 Å². The van der Waals surface area contributed by atoms with E-state index in [2.05, 4.69) is 10.9 Å². The zero-order valence-corrected chi connectivity index (χ0v) is 29.2. The van der Waals surface area contributed by atoms with E-state index in [4.69, 9.17) is 11.2 Å². The standard InChI is InChI=1S/C36H38F2N4O6S/c1-9-18-41(21-25-20-28-30(19-23(25)2)39-24(3)42(33(28)44)22-48-34(45)35(4,5)6)31-27(16-13-17-29(31)37)32(43)36(38,49(46,47)40(7)8)26-14-11-10-12-15-26/h1,10-17,19-20H,18,21-22H2,2-8H3. The SMILES string of the molecule is C#CCN(Cc1cc2c(=O)n(COC(=O)C(C)(C)C)c(C)nc2cc1C)c1c(F)cccc1C(=O)C(F)(c1ccccc1)S(=O)(=O)N(C)C. The molecule has 0 radical (unpaired) electrons. The molecule has 0 spiro atoms. The lowest BCUT2D eigenvalue weighted by Crippen LogP contribution is -2.46. The van der Waals surface area contributed by atoms with Gasteiger partial charge >= 0.3 is 11.0 Å². The van der Waals surface area contributed by atoms with Crippen molar-refractivity contribution in [3.05, 3.63) is 105 Å². The fraction of sp³-hybridized carbons (Fsp3) is 0.333. The van der Waals surface area contributed by atoms with Gasteiger partial charge in [-0.3, -0.25) is 19.0 Å². The minimum Gasteiger partial charge on any atom is -0.443 e. The first-order valence-corrected chi connectivity index (χ1v) is 16.7. The Hall–Kier alpha value is -4.93. The van der Waals surface area contributed by atoms with Gasteiger partial charge in [0.05, 0.1) is 28.6 Å². The molecule has 1 aromatic heterocycles. The number of ether oxygens (including phenoxy) is 1. The van der Waals surface area contributed by atoms with Crippen LogP contribution in [0, 0.1) is 37.4 Å². The first kappa shape index (κ1) is 36.9. The number of sulfonamides is 1. The van der Waals surface area contributed by atoms with Crippen LogP contribution in [0.15, 0.2) is 65.5 Å². The van der Waals surface area contributed by atoms with E-state index in [0.29, 0.717) is 26.8 Å². The van der Waals surface area contributed by atoms with Crippen LogP contribution in [-0.2, 0) is 37.8 Å². The number of hydrogen-bond donors (Lipinski definition) is 0. The molecular formula is C36H38F2N4O6S. The molecule has 4 aromatic rings. The molecule has 0 bridgehead atoms. The van der Waals surface area contributed by atoms with Crippen molar-refractivity contribution < 1.29 is 31.5 Å². The number of benzene rings is 3. The Morgan fingerprint density at radius 2 is 1.69 bits per heavy atom. The Kier molecular flexibility index (Phi) is 10.5. The van der Waals surface area contributed by atoms with Gasteiger partial charge in [0.15, 0.2) is 6.73 Å². The highest BCUT2D eigenvalue weighted by Gasteiger charge is 2.55. The molecule has 0 fully saturated rings. The van der Waals surface area contributed by atoms with Crippen LogP contribution >= 0.6 is 0 Å². The molecule has 258 valence electrons. The Morgan fingerprint density at radius 1 is 1.04 bits per heavy atom. The molecule has 10 nitrogen and oxygen atoms in total. The van der Waals surface area contributed by atoms with Crippen molar-refractivity contribution in [1.29, 1.82) is 0 Å². The van der Waals surface area contributed by atoms with Gasteiger partial charge in [-0.05, 0) is 70.0 Å². The smallest absolute Gasteiger partial charge is 0.312 e. The molecule has 4 rings (SSSR count). The number of aryl methyl sites for hydroxylation is 2. The largest absolute Gasteiger partial charge is 0.443 e. The second kappa shape index (κ2) is 13.9. The fourth-order valence-electron chi connectivity index (χ4n) is 5.21. The number of carbonyl (C=O) groups is 2. The predicted molar refractivity (Wildman–Crippen MR) is 183 cm³/mol. The quantitative estimate of drug-likeness (QED) is 0.119. The van der Waals surface area contributed by atoms with E-state index in [-0.39, 0.29) is 25.2 Å². The summed E-state index contributed by atoms with van der Waals surface area (Å²) in [6.07, 6.45) is 5.68. The van der Waals surface area contributed by atoms with E-state index in [9.17, 15) is 22.8 Å². The molecule has 0 N–H and O–H groups in total. The van der Waals surface area contributed by atoms with Crippen molar-refractivity contribution in [2.75, 3.05) is 25.5 Å². The van der Waals surface area contributed by atoms with Crippen LogP contribution in [0.2, 0.25) is 0 Å². The molecule has 1 heterocycles. The van der Waals surface area contributed by atoms with E-state index in [0.717, 1.165) is 26.2 Å². The van der Waals surface area contributed by atoms with Crippen LogP contribution in [0.4, 0.5) is 14.5 Å². The minimum atomic E-state index is -4.97. The zero-order valence-electron chi connectivity index (χ0n) is 28.4. The lowest BCUT2D eigenvalue weighted by atomic mass is 9.97. The maximum atomic E-state index is 17.1. The Morgan fingerprint density at radius 3 is 2.29 bits per heavy atom. The molecular weight excluding hydrogens is 654 g/mol. The van der Waals surface area contributed by atoms with Crippen molar-refractivity contribution >= 4 is 38.4 Å². The van der Waals surface area contributed by atoms with Crippen molar-refractivity contribution in [2.24, 2.45) is 5.41 Å². The molecule has 0 aliphatic heterocycles. The number of hydrogen-bond acceptors (Lipinski definition) is 8. The van der Waals surface area contributed by atoms with Gasteiger partial charge in [0.1, 0.15) is 11.6 Å². The van der Waals surface area contributed by atoms with Gasteiger partial charge < -0.3 is 9.64 Å². The summed E-state index contributed by atoms with van der Waals surface area (Å²) < 4.78 is 67.0. The normalized spacial score (nSPS) is 13.2. The third-order valence-electron chi connectivity index (χ3n) is 8.00. The monoisotopic (exact) mass is 692 g/mol. The van der Waals surface area contributed by atoms with Gasteiger partial charge in [0.2, 0.25) is 5.78 Å². The number of aromatic nitrogens is 2. The Balaban J connectivity index is 1.85. The number of carbonyl (C=O) groups excluding carboxylic acids is 2. The van der Waals surface area contributed by atoms with Crippen molar-refractivity contribution in [3.63, 3.8) is 0 Å². The van der Waals surface area contributed by atoms with Gasteiger partial charge in [0, 0.05) is 31.8 Å². The minimum absolute atomic E-state index is 0.162. The van der Waals surface area contributed by atoms with Gasteiger partial charge in [-0.2, -0.15) is 0 Å². The number of alkyl halides is 1. The van der Waals surface area contributed by atoms with Crippen molar-refractivity contribution in [3.8, 4) is 12.3 Å². The molecule has 1 atom stereocenters. The Bertz CT molecular complexity index is 2140. The first-order chi connectivity index (χ1) is 22.9. The number of halogens is 2. The van der Waals surface area contributed by atoms with Gasteiger partial charge in [-0.25, -0.2) is 26.5 Å². The van der Waals surface area contributed by atoms with Crippen LogP contribution in [-0.4, -0.2) is 54.7 Å². The van der Waals surface area contributed by atoms with E-state index in [1.807, 2.05) is 0 Å². The molecule has 0 aliphatic rings. The maximum absolute atomic E-state index is 17.1. The third-order valence-corrected chi connectivity index (χ3v) is 10.1. The highest BCUT2D eigenvalue weighted by atomic mass is 32.2.